The Morgan fingerprint density at radius 3 is 2.61 bits per heavy atom. The summed E-state index contributed by atoms with van der Waals surface area (Å²) in [6.07, 6.45) is 0. The van der Waals surface area contributed by atoms with E-state index < -0.39 is 11.8 Å². The minimum Gasteiger partial charge on any atom is -0.497 e. The van der Waals surface area contributed by atoms with Crippen molar-refractivity contribution in [1.29, 1.82) is 0 Å². The highest BCUT2D eigenvalue weighted by molar-refractivity contribution is 6.01. The third-order valence-corrected chi connectivity index (χ3v) is 4.54. The minimum atomic E-state index is -0.527. The molecule has 0 aliphatic rings. The zero-order chi connectivity index (χ0) is 20.4. The molecule has 0 radical (unpaired) electrons. The molecule has 28 heavy (non-hydrogen) atoms. The van der Waals surface area contributed by atoms with Crippen LogP contribution in [0.5, 0.6) is 5.75 Å². The number of nitrogens with two attached hydrogens (primary N) is 1. The van der Waals surface area contributed by atoms with Gasteiger partial charge in [-0.05, 0) is 45.0 Å². The molecule has 0 atom stereocenters. The molecule has 0 aliphatic carbocycles. The second-order valence-electron chi connectivity index (χ2n) is 6.84. The van der Waals surface area contributed by atoms with Crippen LogP contribution in [0.15, 0.2) is 36.4 Å². The van der Waals surface area contributed by atoms with Gasteiger partial charge in [-0.2, -0.15) is 0 Å². The van der Waals surface area contributed by atoms with Crippen LogP contribution in [0.1, 0.15) is 20.8 Å². The second-order valence-corrected chi connectivity index (χ2v) is 6.84. The Bertz CT molecular complexity index is 1030. The van der Waals surface area contributed by atoms with Crippen molar-refractivity contribution >= 4 is 28.3 Å². The third-order valence-electron chi connectivity index (χ3n) is 4.54. The minimum absolute atomic E-state index is 0.0422. The first-order valence-corrected chi connectivity index (χ1v) is 9.18. The molecule has 0 spiro atoms. The zero-order valence-corrected chi connectivity index (χ0v) is 16.5. The van der Waals surface area contributed by atoms with E-state index in [-0.39, 0.29) is 11.7 Å². The Balaban J connectivity index is 2.04. The van der Waals surface area contributed by atoms with E-state index in [4.69, 9.17) is 10.5 Å². The second kappa shape index (κ2) is 7.80. The first kappa shape index (κ1) is 19.5. The molecule has 6 nitrogen and oxygen atoms in total. The summed E-state index contributed by atoms with van der Waals surface area (Å²) < 4.78 is 22.0. The van der Waals surface area contributed by atoms with Gasteiger partial charge in [0.05, 0.1) is 29.7 Å². The number of carbonyl (C=O) groups is 1. The van der Waals surface area contributed by atoms with Crippen LogP contribution < -0.4 is 21.1 Å². The number of nitrogen functional groups attached to an aromatic ring is 1. The van der Waals surface area contributed by atoms with Crippen molar-refractivity contribution in [1.82, 2.24) is 9.88 Å². The van der Waals surface area contributed by atoms with E-state index in [1.807, 2.05) is 43.5 Å². The van der Waals surface area contributed by atoms with Gasteiger partial charge in [0.1, 0.15) is 11.6 Å². The highest BCUT2D eigenvalue weighted by Crippen LogP contribution is 2.38. The molecule has 2 amide bonds. The average Bonchev–Trinajstić information content (AvgIpc) is 2.94. The number of hydrogen-bond donors (Lipinski definition) is 3. The van der Waals surface area contributed by atoms with Crippen molar-refractivity contribution < 1.29 is 13.9 Å². The van der Waals surface area contributed by atoms with Crippen LogP contribution in [0, 0.1) is 5.82 Å². The number of fused-ring (bicyclic) bond motifs is 1. The highest BCUT2D eigenvalue weighted by atomic mass is 19.1. The van der Waals surface area contributed by atoms with Crippen molar-refractivity contribution in [3.05, 3.63) is 42.2 Å². The normalized spacial score (nSPS) is 11.1. The summed E-state index contributed by atoms with van der Waals surface area (Å²) in [5.74, 6) is 0.203. The number of nitrogens with zero attached hydrogens (tertiary/aromatic N) is 1. The molecule has 3 aromatic rings. The lowest BCUT2D eigenvalue weighted by molar-refractivity contribution is 0.250. The number of methoxy groups -OCH3 is 1. The lowest BCUT2D eigenvalue weighted by atomic mass is 10.1. The summed E-state index contributed by atoms with van der Waals surface area (Å²) in [4.78, 5) is 11.8. The van der Waals surface area contributed by atoms with Crippen molar-refractivity contribution in [2.75, 3.05) is 18.2 Å². The molecular formula is C21H25FN4O2. The fourth-order valence-electron chi connectivity index (χ4n) is 3.31. The topological polar surface area (TPSA) is 81.3 Å². The van der Waals surface area contributed by atoms with Crippen LogP contribution in [0.3, 0.4) is 0 Å². The fraction of sp³-hybridized carbons (Fsp3) is 0.286. The molecule has 2 aromatic carbocycles. The maximum atomic E-state index is 14.7. The third kappa shape index (κ3) is 3.60. The van der Waals surface area contributed by atoms with Crippen LogP contribution in [0.2, 0.25) is 0 Å². The molecule has 148 valence electrons. The average molecular weight is 384 g/mol. The molecule has 0 unspecified atom stereocenters. The number of carbonyl (C=O) groups excluding carboxylic acids is 1. The summed E-state index contributed by atoms with van der Waals surface area (Å²) in [7, 11) is 1.61. The number of nitrogens with one attached hydrogen (secondary N) is 2. The molecule has 0 bridgehead atoms. The van der Waals surface area contributed by atoms with Gasteiger partial charge in [-0.1, -0.05) is 6.07 Å². The summed E-state index contributed by atoms with van der Waals surface area (Å²) in [5.41, 5.74) is 9.40. The predicted molar refractivity (Wildman–Crippen MR) is 111 cm³/mol. The summed E-state index contributed by atoms with van der Waals surface area (Å²) in [6.45, 7) is 6.33. The first-order chi connectivity index (χ1) is 13.3. The largest absolute Gasteiger partial charge is 0.497 e. The Labute approximate surface area is 163 Å². The molecule has 7 heteroatoms. The Kier molecular flexibility index (Phi) is 5.44. The Hall–Kier alpha value is -3.22. The molecule has 0 saturated carbocycles. The van der Waals surface area contributed by atoms with Crippen LogP contribution >= 0.6 is 0 Å². The van der Waals surface area contributed by atoms with E-state index >= 15 is 0 Å². The van der Waals surface area contributed by atoms with Crippen molar-refractivity contribution in [3.8, 4) is 17.0 Å². The number of hydrogen-bond acceptors (Lipinski definition) is 3. The molecule has 0 saturated heterocycles. The highest BCUT2D eigenvalue weighted by Gasteiger charge is 2.18. The molecule has 0 fully saturated rings. The smallest absolute Gasteiger partial charge is 0.319 e. The van der Waals surface area contributed by atoms with Gasteiger partial charge in [0.25, 0.3) is 0 Å². The van der Waals surface area contributed by atoms with E-state index in [0.29, 0.717) is 17.8 Å². The van der Waals surface area contributed by atoms with Gasteiger partial charge in [0, 0.05) is 29.6 Å². The molecule has 4 N–H and O–H groups in total. The Morgan fingerprint density at radius 1 is 1.25 bits per heavy atom. The van der Waals surface area contributed by atoms with Crippen LogP contribution in [0.4, 0.5) is 20.6 Å². The van der Waals surface area contributed by atoms with Crippen LogP contribution in [-0.2, 0) is 6.54 Å². The van der Waals surface area contributed by atoms with Gasteiger partial charge in [0.15, 0.2) is 0 Å². The van der Waals surface area contributed by atoms with Gasteiger partial charge in [-0.3, -0.25) is 0 Å². The lowest BCUT2D eigenvalue weighted by Gasteiger charge is -2.13. The van der Waals surface area contributed by atoms with E-state index in [2.05, 4.69) is 10.6 Å². The number of aromatic nitrogens is 1. The number of halogens is 1. The molecule has 3 rings (SSSR count). The maximum Gasteiger partial charge on any atom is 0.319 e. The van der Waals surface area contributed by atoms with E-state index in [1.165, 1.54) is 6.07 Å². The summed E-state index contributed by atoms with van der Waals surface area (Å²) in [6, 6.07) is 9.87. The van der Waals surface area contributed by atoms with Gasteiger partial charge < -0.3 is 25.7 Å². The number of rotatable bonds is 5. The maximum absolute atomic E-state index is 14.7. The number of anilines is 2. The number of ether oxygens (including phenoxy) is 1. The van der Waals surface area contributed by atoms with Crippen molar-refractivity contribution in [2.24, 2.45) is 0 Å². The van der Waals surface area contributed by atoms with Crippen LogP contribution in [-0.4, -0.2) is 23.7 Å². The zero-order valence-electron chi connectivity index (χ0n) is 16.5. The number of benzene rings is 2. The molecule has 1 aromatic heterocycles. The number of urea groups is 1. The quantitative estimate of drug-likeness (QED) is 0.602. The van der Waals surface area contributed by atoms with E-state index in [9.17, 15) is 9.18 Å². The van der Waals surface area contributed by atoms with Gasteiger partial charge >= 0.3 is 6.03 Å². The van der Waals surface area contributed by atoms with Gasteiger partial charge in [-0.25, -0.2) is 9.18 Å². The summed E-state index contributed by atoms with van der Waals surface area (Å²) in [5, 5.41) is 6.08. The molecule has 0 aliphatic heterocycles. The van der Waals surface area contributed by atoms with Crippen LogP contribution in [0.25, 0.3) is 22.2 Å². The SMILES string of the molecule is CCn1c(-c2ccc(NC(=O)NC(C)C)c(F)c2)c(N)c2ccc(OC)cc21. The lowest BCUT2D eigenvalue weighted by Crippen LogP contribution is -2.34. The van der Waals surface area contributed by atoms with E-state index in [1.54, 1.807) is 19.2 Å². The van der Waals surface area contributed by atoms with Gasteiger partial charge in [0.2, 0.25) is 0 Å². The van der Waals surface area contributed by atoms with Crippen molar-refractivity contribution in [3.63, 3.8) is 0 Å². The predicted octanol–water partition coefficient (Wildman–Crippen LogP) is 4.59. The standard InChI is InChI=1S/C21H25FN4O2/c1-5-26-18-11-14(28-4)7-8-15(18)19(23)20(26)13-6-9-17(16(22)10-13)25-21(27)24-12(2)3/h6-12H,5,23H2,1-4H3,(H2,24,25,27). The Morgan fingerprint density at radius 2 is 2.00 bits per heavy atom. The monoisotopic (exact) mass is 384 g/mol. The van der Waals surface area contributed by atoms with E-state index in [0.717, 1.165) is 22.3 Å². The summed E-state index contributed by atoms with van der Waals surface area (Å²) >= 11 is 0. The fourth-order valence-corrected chi connectivity index (χ4v) is 3.31. The molecular weight excluding hydrogens is 359 g/mol. The first-order valence-electron chi connectivity index (χ1n) is 9.18. The van der Waals surface area contributed by atoms with Crippen molar-refractivity contribution in [2.45, 2.75) is 33.4 Å². The number of amides is 2. The molecule has 1 heterocycles. The van der Waals surface area contributed by atoms with Gasteiger partial charge in [-0.15, -0.1) is 0 Å². The number of aryl methyl sites for hydroxylation is 1.